The van der Waals surface area contributed by atoms with E-state index in [2.05, 4.69) is 42.4 Å². The summed E-state index contributed by atoms with van der Waals surface area (Å²) in [4.78, 5) is 13.3. The molecule has 1 fully saturated rings. The summed E-state index contributed by atoms with van der Waals surface area (Å²) in [7, 11) is 3.55. The van der Waals surface area contributed by atoms with Crippen molar-refractivity contribution < 1.29 is 9.26 Å². The van der Waals surface area contributed by atoms with Gasteiger partial charge in [-0.2, -0.15) is 4.98 Å². The Labute approximate surface area is 160 Å². The molecule has 0 spiro atoms. The quantitative estimate of drug-likeness (QED) is 0.470. The lowest BCUT2D eigenvalue weighted by atomic mass is 10.2. The van der Waals surface area contributed by atoms with Gasteiger partial charge in [0.25, 0.3) is 0 Å². The van der Waals surface area contributed by atoms with Crippen LogP contribution in [-0.2, 0) is 6.42 Å². The zero-order chi connectivity index (χ0) is 19.1. The summed E-state index contributed by atoms with van der Waals surface area (Å²) in [6.07, 6.45) is 1.69. The lowest BCUT2D eigenvalue weighted by Crippen LogP contribution is -2.52. The van der Waals surface area contributed by atoms with Gasteiger partial charge in [0, 0.05) is 46.2 Å². The van der Waals surface area contributed by atoms with Crippen molar-refractivity contribution in [2.45, 2.75) is 19.8 Å². The van der Waals surface area contributed by atoms with Crippen molar-refractivity contribution in [1.82, 2.24) is 20.4 Å². The van der Waals surface area contributed by atoms with E-state index < -0.39 is 0 Å². The summed E-state index contributed by atoms with van der Waals surface area (Å²) in [5, 5.41) is 7.25. The molecule has 8 heteroatoms. The Morgan fingerprint density at radius 3 is 2.70 bits per heavy atom. The summed E-state index contributed by atoms with van der Waals surface area (Å²) < 4.78 is 10.6. The van der Waals surface area contributed by atoms with Crippen molar-refractivity contribution in [1.29, 1.82) is 0 Å². The Morgan fingerprint density at radius 1 is 1.26 bits per heavy atom. The van der Waals surface area contributed by atoms with Gasteiger partial charge in [-0.15, -0.1) is 0 Å². The fourth-order valence-electron chi connectivity index (χ4n) is 3.26. The summed E-state index contributed by atoms with van der Waals surface area (Å²) in [6, 6.07) is 8.17. The second-order valence-corrected chi connectivity index (χ2v) is 6.46. The molecule has 0 aliphatic carbocycles. The normalized spacial score (nSPS) is 15.1. The molecule has 1 N–H and O–H groups in total. The van der Waals surface area contributed by atoms with Crippen LogP contribution in [0.1, 0.15) is 18.1 Å². The number of aryl methyl sites for hydroxylation is 2. The average molecular weight is 372 g/mol. The molecule has 2 aromatic rings. The molecular weight excluding hydrogens is 344 g/mol. The van der Waals surface area contributed by atoms with E-state index in [0.29, 0.717) is 11.7 Å². The lowest BCUT2D eigenvalue weighted by molar-refractivity contribution is 0.362. The number of methoxy groups -OCH3 is 1. The molecule has 1 saturated heterocycles. The number of nitrogens with zero attached hydrogens (tertiary/aromatic N) is 5. The molecule has 1 aliphatic heterocycles. The average Bonchev–Trinajstić information content (AvgIpc) is 3.13. The van der Waals surface area contributed by atoms with Crippen LogP contribution in [0.5, 0.6) is 5.75 Å². The minimum Gasteiger partial charge on any atom is -0.495 e. The number of aromatic nitrogens is 2. The van der Waals surface area contributed by atoms with Crippen molar-refractivity contribution in [3.8, 4) is 5.75 Å². The number of guanidine groups is 1. The van der Waals surface area contributed by atoms with Crippen molar-refractivity contribution in [2.75, 3.05) is 51.8 Å². The molecule has 0 atom stereocenters. The molecule has 2 heterocycles. The van der Waals surface area contributed by atoms with Crippen LogP contribution < -0.4 is 15.0 Å². The van der Waals surface area contributed by atoms with Gasteiger partial charge in [0.15, 0.2) is 11.8 Å². The summed E-state index contributed by atoms with van der Waals surface area (Å²) in [6.45, 7) is 6.35. The van der Waals surface area contributed by atoms with Crippen LogP contribution >= 0.6 is 0 Å². The van der Waals surface area contributed by atoms with E-state index in [4.69, 9.17) is 9.26 Å². The molecule has 0 unspecified atom stereocenters. The number of para-hydroxylation sites is 2. The van der Waals surface area contributed by atoms with Crippen LogP contribution in [-0.4, -0.2) is 67.9 Å². The Morgan fingerprint density at radius 2 is 2.04 bits per heavy atom. The van der Waals surface area contributed by atoms with Gasteiger partial charge in [-0.05, 0) is 25.5 Å². The molecule has 1 aliphatic rings. The molecule has 146 valence electrons. The fourth-order valence-corrected chi connectivity index (χ4v) is 3.26. The highest BCUT2D eigenvalue weighted by Crippen LogP contribution is 2.28. The van der Waals surface area contributed by atoms with Gasteiger partial charge >= 0.3 is 0 Å². The predicted octanol–water partition coefficient (Wildman–Crippen LogP) is 1.72. The molecule has 3 rings (SSSR count). The van der Waals surface area contributed by atoms with Gasteiger partial charge in [-0.3, -0.25) is 4.99 Å². The van der Waals surface area contributed by atoms with Crippen molar-refractivity contribution in [3.05, 3.63) is 36.0 Å². The van der Waals surface area contributed by atoms with Crippen LogP contribution in [0.25, 0.3) is 0 Å². The van der Waals surface area contributed by atoms with E-state index in [-0.39, 0.29) is 0 Å². The maximum Gasteiger partial charge on any atom is 0.226 e. The second kappa shape index (κ2) is 9.25. The van der Waals surface area contributed by atoms with E-state index in [1.54, 1.807) is 7.11 Å². The number of ether oxygens (including phenoxy) is 1. The molecule has 0 bridgehead atoms. The number of benzene rings is 1. The predicted molar refractivity (Wildman–Crippen MR) is 105 cm³/mol. The molecule has 27 heavy (non-hydrogen) atoms. The van der Waals surface area contributed by atoms with Crippen LogP contribution in [0.4, 0.5) is 5.69 Å². The Hall–Kier alpha value is -2.77. The first-order chi connectivity index (χ1) is 13.2. The zero-order valence-electron chi connectivity index (χ0n) is 16.3. The second-order valence-electron chi connectivity index (χ2n) is 6.46. The molecular formula is C19H28N6O2. The number of piperazine rings is 1. The topological polar surface area (TPSA) is 79.0 Å². The van der Waals surface area contributed by atoms with Crippen LogP contribution in [0, 0.1) is 6.92 Å². The highest BCUT2D eigenvalue weighted by Gasteiger charge is 2.21. The third kappa shape index (κ3) is 4.90. The molecule has 1 aromatic heterocycles. The number of anilines is 1. The van der Waals surface area contributed by atoms with E-state index in [1.165, 1.54) is 0 Å². The maximum atomic E-state index is 5.49. The molecule has 0 saturated carbocycles. The summed E-state index contributed by atoms with van der Waals surface area (Å²) in [5.74, 6) is 3.23. The van der Waals surface area contributed by atoms with Gasteiger partial charge in [-0.1, -0.05) is 17.3 Å². The Kier molecular flexibility index (Phi) is 6.51. The van der Waals surface area contributed by atoms with Gasteiger partial charge < -0.3 is 24.4 Å². The first-order valence-electron chi connectivity index (χ1n) is 9.34. The first kappa shape index (κ1) is 19.0. The Balaban J connectivity index is 1.45. The third-order valence-corrected chi connectivity index (χ3v) is 4.64. The number of nitrogens with one attached hydrogen (secondary N) is 1. The van der Waals surface area contributed by atoms with Gasteiger partial charge in [0.1, 0.15) is 5.75 Å². The maximum absolute atomic E-state index is 5.49. The van der Waals surface area contributed by atoms with Crippen molar-refractivity contribution >= 4 is 11.6 Å². The number of hydrogen-bond acceptors (Lipinski definition) is 6. The van der Waals surface area contributed by atoms with E-state index >= 15 is 0 Å². The highest BCUT2D eigenvalue weighted by atomic mass is 16.5. The molecule has 0 amide bonds. The van der Waals surface area contributed by atoms with E-state index in [1.807, 2.05) is 26.1 Å². The summed E-state index contributed by atoms with van der Waals surface area (Å²) >= 11 is 0. The SMILES string of the molecule is CN=C(NCCCc1nc(C)no1)N1CCN(c2ccccc2OC)CC1. The van der Waals surface area contributed by atoms with E-state index in [9.17, 15) is 0 Å². The highest BCUT2D eigenvalue weighted by molar-refractivity contribution is 5.80. The molecule has 0 radical (unpaired) electrons. The number of aliphatic imine (C=N–C) groups is 1. The van der Waals surface area contributed by atoms with Crippen molar-refractivity contribution in [3.63, 3.8) is 0 Å². The molecule has 1 aromatic carbocycles. The van der Waals surface area contributed by atoms with Crippen LogP contribution in [0.15, 0.2) is 33.8 Å². The zero-order valence-corrected chi connectivity index (χ0v) is 16.3. The van der Waals surface area contributed by atoms with Gasteiger partial charge in [-0.25, -0.2) is 0 Å². The van der Waals surface area contributed by atoms with Crippen molar-refractivity contribution in [2.24, 2.45) is 4.99 Å². The minimum atomic E-state index is 0.682. The van der Waals surface area contributed by atoms with E-state index in [0.717, 1.165) is 63.0 Å². The third-order valence-electron chi connectivity index (χ3n) is 4.64. The largest absolute Gasteiger partial charge is 0.495 e. The van der Waals surface area contributed by atoms with Gasteiger partial charge in [0.05, 0.1) is 12.8 Å². The Bertz CT molecular complexity index is 752. The standard InChI is InChI=1S/C19H28N6O2/c1-15-22-18(27-23-15)9-6-10-21-19(20-2)25-13-11-24(12-14-25)16-7-4-5-8-17(16)26-3/h4-5,7-8H,6,9-14H2,1-3H3,(H,20,21). The summed E-state index contributed by atoms with van der Waals surface area (Å²) in [5.41, 5.74) is 1.15. The van der Waals surface area contributed by atoms with Gasteiger partial charge in [0.2, 0.25) is 5.89 Å². The lowest BCUT2D eigenvalue weighted by Gasteiger charge is -2.38. The smallest absolute Gasteiger partial charge is 0.226 e. The first-order valence-corrected chi connectivity index (χ1v) is 9.34. The number of hydrogen-bond donors (Lipinski definition) is 1. The minimum absolute atomic E-state index is 0.682. The monoisotopic (exact) mass is 372 g/mol. The van der Waals surface area contributed by atoms with Crippen LogP contribution in [0.2, 0.25) is 0 Å². The fraction of sp³-hybridized carbons (Fsp3) is 0.526. The van der Waals surface area contributed by atoms with Crippen LogP contribution in [0.3, 0.4) is 0 Å². The molecule has 8 nitrogen and oxygen atoms in total. The number of rotatable bonds is 6.